The van der Waals surface area contributed by atoms with Crippen LogP contribution in [0.2, 0.25) is 0 Å². The van der Waals surface area contributed by atoms with Gasteiger partial charge in [-0.2, -0.15) is 0 Å². The topological polar surface area (TPSA) is 21.3 Å². The average Bonchev–Trinajstić information content (AvgIpc) is 2.06. The van der Waals surface area contributed by atoms with Crippen LogP contribution in [0.5, 0.6) is 0 Å². The van der Waals surface area contributed by atoms with Gasteiger partial charge in [0.1, 0.15) is 0 Å². The predicted octanol–water partition coefficient (Wildman–Crippen LogP) is 1.41. The van der Waals surface area contributed by atoms with E-state index in [1.807, 2.05) is 13.8 Å². The Labute approximate surface area is 75.7 Å². The van der Waals surface area contributed by atoms with Crippen LogP contribution in [0.15, 0.2) is 0 Å². The maximum atomic E-state index is 5.30. The van der Waals surface area contributed by atoms with E-state index < -0.39 is 0 Å². The van der Waals surface area contributed by atoms with Crippen molar-refractivity contribution in [3.8, 4) is 12.3 Å². The van der Waals surface area contributed by atoms with E-state index in [2.05, 4.69) is 18.2 Å². The lowest BCUT2D eigenvalue weighted by Gasteiger charge is -2.24. The summed E-state index contributed by atoms with van der Waals surface area (Å²) >= 11 is 0. The van der Waals surface area contributed by atoms with Crippen LogP contribution < -0.4 is 5.32 Å². The Morgan fingerprint density at radius 3 is 2.50 bits per heavy atom. The summed E-state index contributed by atoms with van der Waals surface area (Å²) in [4.78, 5) is 0. The summed E-state index contributed by atoms with van der Waals surface area (Å²) in [6.45, 7) is 6.91. The third-order valence-electron chi connectivity index (χ3n) is 1.94. The lowest BCUT2D eigenvalue weighted by Crippen LogP contribution is -2.41. The molecule has 0 radical (unpaired) electrons. The van der Waals surface area contributed by atoms with E-state index in [1.54, 1.807) is 7.11 Å². The van der Waals surface area contributed by atoms with Gasteiger partial charge in [0.15, 0.2) is 0 Å². The van der Waals surface area contributed by atoms with Gasteiger partial charge >= 0.3 is 0 Å². The highest BCUT2D eigenvalue weighted by atomic mass is 16.5. The molecule has 0 aromatic heterocycles. The first-order valence-electron chi connectivity index (χ1n) is 4.30. The van der Waals surface area contributed by atoms with Crippen LogP contribution >= 0.6 is 0 Å². The molecule has 2 heteroatoms. The van der Waals surface area contributed by atoms with Crippen molar-refractivity contribution >= 4 is 0 Å². The fourth-order valence-corrected chi connectivity index (χ4v) is 0.762. The second-order valence-electron chi connectivity index (χ2n) is 3.47. The minimum absolute atomic E-state index is 0.135. The van der Waals surface area contributed by atoms with Crippen LogP contribution in [0.3, 0.4) is 0 Å². The summed E-state index contributed by atoms with van der Waals surface area (Å²) in [5.74, 6) is 2.68. The van der Waals surface area contributed by atoms with Gasteiger partial charge in [-0.15, -0.1) is 6.42 Å². The van der Waals surface area contributed by atoms with Gasteiger partial charge in [-0.3, -0.25) is 0 Å². The molecule has 1 N–H and O–H groups in total. The molecule has 0 aromatic rings. The van der Waals surface area contributed by atoms with Crippen LogP contribution in [0, 0.1) is 12.3 Å². The molecule has 70 valence electrons. The van der Waals surface area contributed by atoms with Crippen molar-refractivity contribution in [2.45, 2.75) is 38.8 Å². The molecule has 0 aliphatic heterocycles. The van der Waals surface area contributed by atoms with Crippen molar-refractivity contribution in [3.05, 3.63) is 0 Å². The average molecular weight is 169 g/mol. The van der Waals surface area contributed by atoms with Crippen LogP contribution in [0.1, 0.15) is 27.2 Å². The minimum atomic E-state index is -0.135. The monoisotopic (exact) mass is 169 g/mol. The maximum absolute atomic E-state index is 5.30. The molecule has 0 bridgehead atoms. The summed E-state index contributed by atoms with van der Waals surface area (Å²) in [5, 5.41) is 3.25. The van der Waals surface area contributed by atoms with Crippen LogP contribution in [-0.4, -0.2) is 25.3 Å². The molecule has 0 aliphatic rings. The fourth-order valence-electron chi connectivity index (χ4n) is 0.762. The van der Waals surface area contributed by atoms with Crippen molar-refractivity contribution in [2.75, 3.05) is 13.7 Å². The van der Waals surface area contributed by atoms with Gasteiger partial charge in [0.2, 0.25) is 0 Å². The normalized spacial score (nSPS) is 13.9. The fraction of sp³-hybridized carbons (Fsp3) is 0.800. The van der Waals surface area contributed by atoms with E-state index in [0.717, 1.165) is 13.0 Å². The van der Waals surface area contributed by atoms with Gasteiger partial charge in [0.05, 0.1) is 11.6 Å². The number of terminal acetylenes is 1. The number of ether oxygens (including phenoxy) is 1. The number of methoxy groups -OCH3 is 1. The molecule has 0 spiro atoms. The van der Waals surface area contributed by atoms with E-state index in [0.29, 0.717) is 0 Å². The second kappa shape index (κ2) is 5.18. The van der Waals surface area contributed by atoms with Gasteiger partial charge in [0, 0.05) is 13.7 Å². The summed E-state index contributed by atoms with van der Waals surface area (Å²) < 4.78 is 5.25. The Morgan fingerprint density at radius 1 is 1.58 bits per heavy atom. The van der Waals surface area contributed by atoms with E-state index in [-0.39, 0.29) is 11.6 Å². The molecule has 1 atom stereocenters. The zero-order valence-electron chi connectivity index (χ0n) is 8.48. The summed E-state index contributed by atoms with van der Waals surface area (Å²) in [5.41, 5.74) is -0.135. The molecule has 0 amide bonds. The van der Waals surface area contributed by atoms with E-state index in [9.17, 15) is 0 Å². The highest BCUT2D eigenvalue weighted by Gasteiger charge is 2.16. The maximum Gasteiger partial charge on any atom is 0.0746 e. The molecule has 2 nitrogen and oxygen atoms in total. The predicted molar refractivity (Wildman–Crippen MR) is 52.0 cm³/mol. The van der Waals surface area contributed by atoms with Crippen LogP contribution in [0.4, 0.5) is 0 Å². The first kappa shape index (κ1) is 11.5. The zero-order valence-corrected chi connectivity index (χ0v) is 8.48. The van der Waals surface area contributed by atoms with E-state index in [4.69, 9.17) is 11.2 Å². The Hall–Kier alpha value is -0.520. The van der Waals surface area contributed by atoms with Gasteiger partial charge in [-0.1, -0.05) is 12.8 Å². The Balaban J connectivity index is 3.75. The molecule has 0 saturated heterocycles. The Kier molecular flexibility index (Phi) is 4.96. The molecule has 0 aromatic carbocycles. The zero-order chi connectivity index (χ0) is 9.61. The number of hydrogen-bond acceptors (Lipinski definition) is 2. The third kappa shape index (κ3) is 4.38. The summed E-state index contributed by atoms with van der Waals surface area (Å²) in [6, 6.07) is 0.166. The molecular formula is C10H19NO. The third-order valence-corrected chi connectivity index (χ3v) is 1.94. The first-order chi connectivity index (χ1) is 5.55. The van der Waals surface area contributed by atoms with Crippen molar-refractivity contribution in [1.29, 1.82) is 0 Å². The van der Waals surface area contributed by atoms with Gasteiger partial charge in [-0.05, 0) is 20.3 Å². The summed E-state index contributed by atoms with van der Waals surface area (Å²) in [7, 11) is 1.71. The molecule has 0 fully saturated rings. The first-order valence-corrected chi connectivity index (χ1v) is 4.30. The Bertz CT molecular complexity index is 158. The van der Waals surface area contributed by atoms with Crippen molar-refractivity contribution in [1.82, 2.24) is 5.32 Å². The number of hydrogen-bond donors (Lipinski definition) is 1. The van der Waals surface area contributed by atoms with Crippen molar-refractivity contribution in [3.63, 3.8) is 0 Å². The van der Waals surface area contributed by atoms with Crippen LogP contribution in [0.25, 0.3) is 0 Å². The largest absolute Gasteiger partial charge is 0.377 e. The van der Waals surface area contributed by atoms with E-state index >= 15 is 0 Å². The highest BCUT2D eigenvalue weighted by Crippen LogP contribution is 2.05. The van der Waals surface area contributed by atoms with Crippen molar-refractivity contribution < 1.29 is 4.74 Å². The molecule has 0 saturated carbocycles. The lowest BCUT2D eigenvalue weighted by molar-refractivity contribution is 0.0222. The van der Waals surface area contributed by atoms with Gasteiger partial charge < -0.3 is 10.1 Å². The lowest BCUT2D eigenvalue weighted by atomic mass is 10.1. The quantitative estimate of drug-likeness (QED) is 0.628. The van der Waals surface area contributed by atoms with Crippen molar-refractivity contribution in [2.24, 2.45) is 0 Å². The van der Waals surface area contributed by atoms with Gasteiger partial charge in [-0.25, -0.2) is 0 Å². The standard InChI is InChI=1S/C10H19NO/c1-6-9(7-2)11-8-10(3,4)12-5/h1,9,11H,7-8H2,2-5H3. The minimum Gasteiger partial charge on any atom is -0.377 e. The van der Waals surface area contributed by atoms with E-state index in [1.165, 1.54) is 0 Å². The molecule has 1 unspecified atom stereocenters. The van der Waals surface area contributed by atoms with Gasteiger partial charge in [0.25, 0.3) is 0 Å². The second-order valence-corrected chi connectivity index (χ2v) is 3.47. The molecule has 0 rings (SSSR count). The van der Waals surface area contributed by atoms with Crippen LogP contribution in [-0.2, 0) is 4.74 Å². The summed E-state index contributed by atoms with van der Waals surface area (Å²) in [6.07, 6.45) is 6.26. The smallest absolute Gasteiger partial charge is 0.0746 e. The number of nitrogens with one attached hydrogen (secondary N) is 1. The molecule has 12 heavy (non-hydrogen) atoms. The molecule has 0 aliphatic carbocycles. The SMILES string of the molecule is C#CC(CC)NCC(C)(C)OC. The Morgan fingerprint density at radius 2 is 2.17 bits per heavy atom. The number of rotatable bonds is 5. The molecule has 0 heterocycles. The molecular weight excluding hydrogens is 150 g/mol. The highest BCUT2D eigenvalue weighted by molar-refractivity contribution is 4.98.